The minimum Gasteiger partial charge on any atom is -0.343 e. The van der Waals surface area contributed by atoms with Gasteiger partial charge in [-0.1, -0.05) is 6.92 Å². The van der Waals surface area contributed by atoms with E-state index in [2.05, 4.69) is 6.92 Å². The van der Waals surface area contributed by atoms with Crippen LogP contribution in [-0.4, -0.2) is 53.8 Å². The van der Waals surface area contributed by atoms with Gasteiger partial charge in [0.25, 0.3) is 0 Å². The van der Waals surface area contributed by atoms with E-state index in [9.17, 15) is 9.59 Å². The third-order valence-corrected chi connectivity index (χ3v) is 5.50. The molecule has 0 aromatic carbocycles. The van der Waals surface area contributed by atoms with Crippen molar-refractivity contribution in [1.82, 2.24) is 9.80 Å². The molecule has 2 heterocycles. The zero-order valence-corrected chi connectivity index (χ0v) is 14.1. The summed E-state index contributed by atoms with van der Waals surface area (Å²) in [5.74, 6) is 1.54. The number of nitrogens with zero attached hydrogens (tertiary/aromatic N) is 2. The maximum absolute atomic E-state index is 12.5. The molecule has 5 heteroatoms. The van der Waals surface area contributed by atoms with Crippen molar-refractivity contribution in [2.45, 2.75) is 58.4 Å². The Morgan fingerprint density at radius 3 is 2.41 bits per heavy atom. The first-order valence-corrected chi connectivity index (χ1v) is 8.78. The number of carbonyl (C=O) groups excluding carboxylic acids is 2. The molecule has 0 aliphatic carbocycles. The van der Waals surface area contributed by atoms with Crippen LogP contribution in [-0.2, 0) is 9.59 Å². The van der Waals surface area contributed by atoms with Gasteiger partial charge in [0.1, 0.15) is 0 Å². The first-order chi connectivity index (χ1) is 10.5. The van der Waals surface area contributed by atoms with Gasteiger partial charge in [0.15, 0.2) is 0 Å². The molecule has 2 saturated heterocycles. The van der Waals surface area contributed by atoms with Crippen molar-refractivity contribution in [3.63, 3.8) is 0 Å². The molecule has 0 unspecified atom stereocenters. The molecule has 0 aromatic heterocycles. The second-order valence-electron chi connectivity index (χ2n) is 7.00. The van der Waals surface area contributed by atoms with Crippen molar-refractivity contribution in [3.05, 3.63) is 0 Å². The van der Waals surface area contributed by atoms with Crippen molar-refractivity contribution >= 4 is 11.8 Å². The first-order valence-electron chi connectivity index (χ1n) is 8.78. The van der Waals surface area contributed by atoms with E-state index in [1.807, 2.05) is 9.80 Å². The minimum absolute atomic E-state index is 0.169. The summed E-state index contributed by atoms with van der Waals surface area (Å²) >= 11 is 0. The molecule has 2 aliphatic rings. The Bertz CT molecular complexity index is 391. The lowest BCUT2D eigenvalue weighted by atomic mass is 9.89. The molecule has 0 saturated carbocycles. The van der Waals surface area contributed by atoms with Crippen LogP contribution in [0, 0.1) is 11.8 Å². The van der Waals surface area contributed by atoms with E-state index in [0.717, 1.165) is 45.3 Å². The van der Waals surface area contributed by atoms with Crippen molar-refractivity contribution in [3.8, 4) is 0 Å². The van der Waals surface area contributed by atoms with Crippen LogP contribution in [0.1, 0.15) is 52.4 Å². The van der Waals surface area contributed by atoms with Crippen LogP contribution < -0.4 is 5.73 Å². The van der Waals surface area contributed by atoms with Gasteiger partial charge < -0.3 is 15.5 Å². The first kappa shape index (κ1) is 17.3. The Morgan fingerprint density at radius 2 is 1.82 bits per heavy atom. The number of hydrogen-bond donors (Lipinski definition) is 1. The highest BCUT2D eigenvalue weighted by atomic mass is 16.2. The summed E-state index contributed by atoms with van der Waals surface area (Å²) in [5.41, 5.74) is 5.87. The van der Waals surface area contributed by atoms with Crippen LogP contribution in [0.3, 0.4) is 0 Å². The van der Waals surface area contributed by atoms with Crippen molar-refractivity contribution in [2.24, 2.45) is 17.6 Å². The zero-order chi connectivity index (χ0) is 16.1. The molecule has 0 aromatic rings. The Hall–Kier alpha value is -1.10. The number of piperidine rings is 2. The molecule has 2 fully saturated rings. The number of rotatable bonds is 4. The van der Waals surface area contributed by atoms with Crippen LogP contribution in [0.25, 0.3) is 0 Å². The molecule has 126 valence electrons. The van der Waals surface area contributed by atoms with Crippen LogP contribution in [0.4, 0.5) is 0 Å². The summed E-state index contributed by atoms with van der Waals surface area (Å²) in [7, 11) is 0. The van der Waals surface area contributed by atoms with Crippen molar-refractivity contribution in [2.75, 3.05) is 26.2 Å². The molecule has 2 atom stereocenters. The minimum atomic E-state index is 0.169. The lowest BCUT2D eigenvalue weighted by Crippen LogP contribution is -2.51. The van der Waals surface area contributed by atoms with Gasteiger partial charge in [-0.15, -0.1) is 0 Å². The fraction of sp³-hybridized carbons (Fsp3) is 0.882. The number of carbonyl (C=O) groups is 2. The average molecular weight is 309 g/mol. The highest BCUT2D eigenvalue weighted by Crippen LogP contribution is 2.26. The second-order valence-corrected chi connectivity index (χ2v) is 7.00. The summed E-state index contributed by atoms with van der Waals surface area (Å²) in [5, 5.41) is 0. The Morgan fingerprint density at radius 1 is 1.14 bits per heavy atom. The maximum Gasteiger partial charge on any atom is 0.222 e. The average Bonchev–Trinajstić information content (AvgIpc) is 2.52. The van der Waals surface area contributed by atoms with E-state index in [0.29, 0.717) is 24.8 Å². The zero-order valence-electron chi connectivity index (χ0n) is 14.1. The monoisotopic (exact) mass is 309 g/mol. The fourth-order valence-electron chi connectivity index (χ4n) is 3.93. The molecular weight excluding hydrogens is 278 g/mol. The largest absolute Gasteiger partial charge is 0.343 e. The molecule has 2 rings (SSSR count). The van der Waals surface area contributed by atoms with Gasteiger partial charge in [0, 0.05) is 45.6 Å². The van der Waals surface area contributed by atoms with Gasteiger partial charge in [-0.25, -0.2) is 0 Å². The molecule has 0 spiro atoms. The van der Waals surface area contributed by atoms with Gasteiger partial charge in [0.05, 0.1) is 0 Å². The van der Waals surface area contributed by atoms with E-state index in [4.69, 9.17) is 5.73 Å². The number of nitrogens with two attached hydrogens (primary N) is 1. The molecule has 22 heavy (non-hydrogen) atoms. The normalized spacial score (nSPS) is 27.0. The molecule has 2 amide bonds. The van der Waals surface area contributed by atoms with Crippen LogP contribution in [0.2, 0.25) is 0 Å². The Balaban J connectivity index is 1.77. The molecule has 2 aliphatic heterocycles. The lowest BCUT2D eigenvalue weighted by molar-refractivity contribution is -0.137. The summed E-state index contributed by atoms with van der Waals surface area (Å²) in [6, 6.07) is 0.223. The summed E-state index contributed by atoms with van der Waals surface area (Å²) in [4.78, 5) is 27.8. The Kier molecular flexibility index (Phi) is 6.24. The molecule has 2 N–H and O–H groups in total. The summed E-state index contributed by atoms with van der Waals surface area (Å²) in [6.07, 6.45) is 5.92. The van der Waals surface area contributed by atoms with Gasteiger partial charge in [-0.2, -0.15) is 0 Å². The summed E-state index contributed by atoms with van der Waals surface area (Å²) < 4.78 is 0. The van der Waals surface area contributed by atoms with Gasteiger partial charge in [0.2, 0.25) is 11.8 Å². The predicted octanol–water partition coefficient (Wildman–Crippen LogP) is 1.61. The fourth-order valence-corrected chi connectivity index (χ4v) is 3.93. The van der Waals surface area contributed by atoms with Crippen molar-refractivity contribution in [1.29, 1.82) is 0 Å². The third kappa shape index (κ3) is 4.22. The van der Waals surface area contributed by atoms with Crippen LogP contribution >= 0.6 is 0 Å². The maximum atomic E-state index is 12.5. The van der Waals surface area contributed by atoms with E-state index in [1.54, 1.807) is 6.92 Å². The highest BCUT2D eigenvalue weighted by Gasteiger charge is 2.31. The SMILES string of the molecule is CC(=O)N1CCC(CCC(=O)N2CCC[C@@H](C)[C@H]2CN)CC1. The van der Waals surface area contributed by atoms with Crippen LogP contribution in [0.5, 0.6) is 0 Å². The van der Waals surface area contributed by atoms with Crippen molar-refractivity contribution < 1.29 is 9.59 Å². The van der Waals surface area contributed by atoms with Gasteiger partial charge in [-0.05, 0) is 43.9 Å². The molecule has 0 bridgehead atoms. The van der Waals surface area contributed by atoms with Gasteiger partial charge in [-0.3, -0.25) is 9.59 Å². The van der Waals surface area contributed by atoms with E-state index in [-0.39, 0.29) is 17.9 Å². The topological polar surface area (TPSA) is 66.6 Å². The molecule has 5 nitrogen and oxygen atoms in total. The van der Waals surface area contributed by atoms with Crippen LogP contribution in [0.15, 0.2) is 0 Å². The molecular formula is C17H31N3O2. The highest BCUT2D eigenvalue weighted by molar-refractivity contribution is 5.76. The van der Waals surface area contributed by atoms with Gasteiger partial charge >= 0.3 is 0 Å². The number of likely N-dealkylation sites (tertiary alicyclic amines) is 2. The van der Waals surface area contributed by atoms with E-state index < -0.39 is 0 Å². The number of hydrogen-bond acceptors (Lipinski definition) is 3. The summed E-state index contributed by atoms with van der Waals surface area (Å²) in [6.45, 7) is 6.97. The number of amides is 2. The second kappa shape index (κ2) is 7.95. The smallest absolute Gasteiger partial charge is 0.222 e. The Labute approximate surface area is 134 Å². The quantitative estimate of drug-likeness (QED) is 0.858. The third-order valence-electron chi connectivity index (χ3n) is 5.50. The predicted molar refractivity (Wildman–Crippen MR) is 87.2 cm³/mol. The van der Waals surface area contributed by atoms with E-state index >= 15 is 0 Å². The van der Waals surface area contributed by atoms with E-state index in [1.165, 1.54) is 6.42 Å². The lowest BCUT2D eigenvalue weighted by Gasteiger charge is -2.40. The standard InChI is InChI=1S/C17H31N3O2/c1-13-4-3-9-20(16(13)12-18)17(22)6-5-15-7-10-19(11-8-15)14(2)21/h13,15-16H,3-12,18H2,1-2H3/t13-,16-/m1/s1. The molecule has 0 radical (unpaired) electrons.